The lowest BCUT2D eigenvalue weighted by atomic mass is 10.2. The van der Waals surface area contributed by atoms with Crippen molar-refractivity contribution in [2.75, 3.05) is 12.3 Å². The van der Waals surface area contributed by atoms with E-state index in [-0.39, 0.29) is 29.3 Å². The van der Waals surface area contributed by atoms with Gasteiger partial charge in [-0.15, -0.1) is 5.10 Å². The van der Waals surface area contributed by atoms with E-state index in [2.05, 4.69) is 25.2 Å². The van der Waals surface area contributed by atoms with E-state index in [0.29, 0.717) is 17.8 Å². The quantitative estimate of drug-likeness (QED) is 0.555. The first-order valence-corrected chi connectivity index (χ1v) is 10.00. The van der Waals surface area contributed by atoms with Crippen molar-refractivity contribution >= 4 is 21.9 Å². The van der Waals surface area contributed by atoms with Crippen LogP contribution >= 0.6 is 0 Å². The summed E-state index contributed by atoms with van der Waals surface area (Å²) in [5.74, 6) is 0.366. The number of sulfonamides is 1. The maximum absolute atomic E-state index is 12.4. The van der Waals surface area contributed by atoms with Crippen LogP contribution < -0.4 is 15.8 Å². The molecule has 3 rings (SSSR count). The fraction of sp³-hybridized carbons (Fsp3) is 0.438. The highest BCUT2D eigenvalue weighted by Crippen LogP contribution is 2.18. The molecular formula is C16H22N6O3S. The average Bonchev–Trinajstić information content (AvgIpc) is 3.27. The molecule has 2 aromatic rings. The van der Waals surface area contributed by atoms with Gasteiger partial charge in [0.15, 0.2) is 0 Å². The monoisotopic (exact) mass is 378 g/mol. The summed E-state index contributed by atoms with van der Waals surface area (Å²) in [6.07, 6.45) is 4.49. The SMILES string of the molecule is Nc1n[nH]c(CCNS(=O)(=O)c2cccc(C(=O)NC3CCCC3)c2)n1. The molecule has 1 amide bonds. The van der Waals surface area contributed by atoms with Gasteiger partial charge in [-0.3, -0.25) is 9.89 Å². The molecule has 140 valence electrons. The number of nitrogens with one attached hydrogen (secondary N) is 3. The number of carbonyl (C=O) groups is 1. The van der Waals surface area contributed by atoms with Crippen LogP contribution in [0.2, 0.25) is 0 Å². The van der Waals surface area contributed by atoms with Gasteiger partial charge in [0.05, 0.1) is 4.90 Å². The Bertz CT molecular complexity index is 874. The smallest absolute Gasteiger partial charge is 0.251 e. The lowest BCUT2D eigenvalue weighted by Gasteiger charge is -2.12. The Labute approximate surface area is 151 Å². The van der Waals surface area contributed by atoms with Crippen LogP contribution in [-0.4, -0.2) is 42.1 Å². The largest absolute Gasteiger partial charge is 0.367 e. The van der Waals surface area contributed by atoms with Crippen molar-refractivity contribution in [1.82, 2.24) is 25.2 Å². The Hall–Kier alpha value is -2.46. The molecule has 0 bridgehead atoms. The van der Waals surface area contributed by atoms with Crippen LogP contribution in [0.25, 0.3) is 0 Å². The van der Waals surface area contributed by atoms with E-state index in [1.165, 1.54) is 12.1 Å². The molecule has 1 heterocycles. The molecule has 1 aromatic carbocycles. The first-order chi connectivity index (χ1) is 12.4. The molecule has 0 unspecified atom stereocenters. The van der Waals surface area contributed by atoms with Gasteiger partial charge in [0.2, 0.25) is 16.0 Å². The third-order valence-electron chi connectivity index (χ3n) is 4.30. The highest BCUT2D eigenvalue weighted by molar-refractivity contribution is 7.89. The first kappa shape index (κ1) is 18.3. The number of nitrogens with two attached hydrogens (primary N) is 1. The van der Waals surface area contributed by atoms with Gasteiger partial charge in [-0.25, -0.2) is 13.1 Å². The number of aromatic nitrogens is 3. The number of H-pyrrole nitrogens is 1. The van der Waals surface area contributed by atoms with Crippen molar-refractivity contribution in [3.63, 3.8) is 0 Å². The van der Waals surface area contributed by atoms with Crippen LogP contribution in [0.4, 0.5) is 5.95 Å². The molecule has 5 N–H and O–H groups in total. The lowest BCUT2D eigenvalue weighted by Crippen LogP contribution is -2.33. The molecule has 1 aromatic heterocycles. The van der Waals surface area contributed by atoms with Crippen molar-refractivity contribution in [3.05, 3.63) is 35.7 Å². The molecule has 10 heteroatoms. The second-order valence-electron chi connectivity index (χ2n) is 6.27. The number of aromatic amines is 1. The highest BCUT2D eigenvalue weighted by atomic mass is 32.2. The highest BCUT2D eigenvalue weighted by Gasteiger charge is 2.20. The second kappa shape index (κ2) is 7.83. The summed E-state index contributed by atoms with van der Waals surface area (Å²) in [6, 6.07) is 6.20. The number of nitrogens with zero attached hydrogens (tertiary/aromatic N) is 2. The lowest BCUT2D eigenvalue weighted by molar-refractivity contribution is 0.0937. The molecule has 0 aliphatic heterocycles. The summed E-state index contributed by atoms with van der Waals surface area (Å²) in [5.41, 5.74) is 5.74. The van der Waals surface area contributed by atoms with E-state index in [9.17, 15) is 13.2 Å². The number of carbonyl (C=O) groups excluding carboxylic acids is 1. The summed E-state index contributed by atoms with van der Waals surface area (Å²) in [7, 11) is -3.73. The van der Waals surface area contributed by atoms with Crippen molar-refractivity contribution in [1.29, 1.82) is 0 Å². The maximum atomic E-state index is 12.4. The van der Waals surface area contributed by atoms with Crippen LogP contribution in [0.3, 0.4) is 0 Å². The van der Waals surface area contributed by atoms with E-state index in [1.54, 1.807) is 12.1 Å². The van der Waals surface area contributed by atoms with Crippen LogP contribution in [0.1, 0.15) is 41.9 Å². The van der Waals surface area contributed by atoms with Crippen molar-refractivity contribution in [2.24, 2.45) is 0 Å². The zero-order valence-corrected chi connectivity index (χ0v) is 15.1. The standard InChI is InChI=1S/C16H22N6O3S/c17-16-20-14(21-22-16)8-9-18-26(24,25)13-7-3-4-11(10-13)15(23)19-12-5-1-2-6-12/h3-4,7,10,12,18H,1-2,5-6,8-9H2,(H,19,23)(H3,17,20,21,22). The number of nitrogen functional groups attached to an aromatic ring is 1. The van der Waals surface area contributed by atoms with Gasteiger partial charge < -0.3 is 11.1 Å². The van der Waals surface area contributed by atoms with E-state index in [4.69, 9.17) is 5.73 Å². The topological polar surface area (TPSA) is 143 Å². The van der Waals surface area contributed by atoms with Crippen LogP contribution in [0.15, 0.2) is 29.2 Å². The maximum Gasteiger partial charge on any atom is 0.251 e. The molecule has 1 saturated carbocycles. The molecule has 0 spiro atoms. The molecule has 1 aliphatic rings. The Kier molecular flexibility index (Phi) is 5.52. The van der Waals surface area contributed by atoms with Gasteiger partial charge in [-0.2, -0.15) is 4.98 Å². The minimum atomic E-state index is -3.73. The minimum absolute atomic E-state index is 0.0497. The molecule has 1 aliphatic carbocycles. The van der Waals surface area contributed by atoms with Gasteiger partial charge in [-0.05, 0) is 31.0 Å². The second-order valence-corrected chi connectivity index (χ2v) is 8.04. The Balaban J connectivity index is 1.62. The summed E-state index contributed by atoms with van der Waals surface area (Å²) in [6.45, 7) is 0.134. The fourth-order valence-electron chi connectivity index (χ4n) is 2.95. The molecule has 0 saturated heterocycles. The summed E-state index contributed by atoms with van der Waals surface area (Å²) >= 11 is 0. The molecule has 9 nitrogen and oxygen atoms in total. The van der Waals surface area contributed by atoms with Crippen LogP contribution in [-0.2, 0) is 16.4 Å². The molecular weight excluding hydrogens is 356 g/mol. The first-order valence-electron chi connectivity index (χ1n) is 8.51. The molecule has 0 radical (unpaired) electrons. The number of rotatable bonds is 7. The van der Waals surface area contributed by atoms with Gasteiger partial charge in [0.1, 0.15) is 5.82 Å². The number of anilines is 1. The fourth-order valence-corrected chi connectivity index (χ4v) is 4.03. The normalized spacial score (nSPS) is 15.2. The van der Waals surface area contributed by atoms with E-state index < -0.39 is 10.0 Å². The van der Waals surface area contributed by atoms with Gasteiger partial charge >= 0.3 is 0 Å². The van der Waals surface area contributed by atoms with Crippen molar-refractivity contribution in [2.45, 2.75) is 43.0 Å². The summed E-state index contributed by atoms with van der Waals surface area (Å²) < 4.78 is 27.4. The van der Waals surface area contributed by atoms with E-state index >= 15 is 0 Å². The average molecular weight is 378 g/mol. The third kappa shape index (κ3) is 4.58. The zero-order chi connectivity index (χ0) is 18.6. The van der Waals surface area contributed by atoms with Gasteiger partial charge in [-0.1, -0.05) is 18.9 Å². The van der Waals surface area contributed by atoms with Gasteiger partial charge in [0.25, 0.3) is 5.91 Å². The Morgan fingerprint density at radius 2 is 2.08 bits per heavy atom. The van der Waals surface area contributed by atoms with Crippen LogP contribution in [0.5, 0.6) is 0 Å². The number of amides is 1. The minimum Gasteiger partial charge on any atom is -0.367 e. The number of benzene rings is 1. The number of hydrogen-bond acceptors (Lipinski definition) is 6. The van der Waals surface area contributed by atoms with Crippen LogP contribution in [0, 0.1) is 0 Å². The van der Waals surface area contributed by atoms with E-state index in [0.717, 1.165) is 25.7 Å². The van der Waals surface area contributed by atoms with Crippen molar-refractivity contribution < 1.29 is 13.2 Å². The van der Waals surface area contributed by atoms with Crippen molar-refractivity contribution in [3.8, 4) is 0 Å². The summed E-state index contributed by atoms with van der Waals surface area (Å²) in [4.78, 5) is 16.3. The predicted octanol–water partition coefficient (Wildman–Crippen LogP) is 0.580. The third-order valence-corrected chi connectivity index (χ3v) is 5.76. The zero-order valence-electron chi connectivity index (χ0n) is 14.2. The number of hydrogen-bond donors (Lipinski definition) is 4. The molecule has 0 atom stereocenters. The predicted molar refractivity (Wildman–Crippen MR) is 95.9 cm³/mol. The van der Waals surface area contributed by atoms with Gasteiger partial charge in [0, 0.05) is 24.6 Å². The molecule has 1 fully saturated rings. The van der Waals surface area contributed by atoms with E-state index in [1.807, 2.05) is 0 Å². The Morgan fingerprint density at radius 1 is 1.31 bits per heavy atom. The molecule has 26 heavy (non-hydrogen) atoms. The summed E-state index contributed by atoms with van der Waals surface area (Å²) in [5, 5.41) is 9.25. The Morgan fingerprint density at radius 3 is 2.77 bits per heavy atom.